The van der Waals surface area contributed by atoms with E-state index >= 15 is 0 Å². The number of aromatic nitrogens is 2. The van der Waals surface area contributed by atoms with Crippen LogP contribution in [0.4, 0.5) is 0 Å². The van der Waals surface area contributed by atoms with E-state index in [1.807, 2.05) is 108 Å². The Morgan fingerprint density at radius 2 is 0.976 bits per heavy atom. The van der Waals surface area contributed by atoms with Crippen molar-refractivity contribution in [3.63, 3.8) is 0 Å². The molecule has 220 valence electrons. The van der Waals surface area contributed by atoms with Crippen molar-refractivity contribution in [1.29, 1.82) is 0 Å². The minimum absolute atomic E-state index is 0.163. The maximum Gasteiger partial charge on any atom is 0.311 e. The molecule has 4 rings (SSSR count). The summed E-state index contributed by atoms with van der Waals surface area (Å²) in [5.74, 6) is 0.655. The molecule has 42 heavy (non-hydrogen) atoms. The zero-order valence-electron chi connectivity index (χ0n) is 25.3. The summed E-state index contributed by atoms with van der Waals surface area (Å²) in [6.45, 7) is 9.07. The average molecular weight is 569 g/mol. The predicted molar refractivity (Wildman–Crippen MR) is 163 cm³/mol. The van der Waals surface area contributed by atoms with Gasteiger partial charge in [-0.15, -0.1) is 0 Å². The fourth-order valence-electron chi connectivity index (χ4n) is 4.42. The van der Waals surface area contributed by atoms with Gasteiger partial charge in [-0.2, -0.15) is 9.13 Å². The molecular weight excluding hydrogens is 524 g/mol. The van der Waals surface area contributed by atoms with E-state index in [4.69, 9.17) is 9.47 Å². The Morgan fingerprint density at radius 1 is 0.571 bits per heavy atom. The number of carbonyl (C=O) groups excluding carboxylic acids is 2. The minimum atomic E-state index is -0.173. The van der Waals surface area contributed by atoms with Gasteiger partial charge < -0.3 is 9.47 Å². The largest absolute Gasteiger partial charge is 0.405 e. The molecule has 0 spiro atoms. The third-order valence-electron chi connectivity index (χ3n) is 6.81. The van der Waals surface area contributed by atoms with E-state index in [-0.39, 0.29) is 37.2 Å². The molecule has 0 saturated heterocycles. The highest BCUT2D eigenvalue weighted by molar-refractivity contribution is 5.70. The summed E-state index contributed by atoms with van der Waals surface area (Å²) >= 11 is 0. The van der Waals surface area contributed by atoms with Gasteiger partial charge in [0.05, 0.1) is 12.8 Å². The molecule has 0 radical (unpaired) electrons. The molecule has 2 atom stereocenters. The lowest BCUT2D eigenvalue weighted by Gasteiger charge is -2.12. The second-order valence-electron chi connectivity index (χ2n) is 11.0. The number of carbonyl (C=O) groups is 2. The van der Waals surface area contributed by atoms with Crippen LogP contribution in [0.5, 0.6) is 0 Å². The fourth-order valence-corrected chi connectivity index (χ4v) is 4.42. The summed E-state index contributed by atoms with van der Waals surface area (Å²) in [6, 6.07) is 30.1. The predicted octanol–water partition coefficient (Wildman–Crippen LogP) is 6.54. The molecule has 2 aromatic heterocycles. The summed E-state index contributed by atoms with van der Waals surface area (Å²) in [6.07, 6.45) is 9.38. The Labute approximate surface area is 250 Å². The van der Waals surface area contributed by atoms with Gasteiger partial charge in [-0.1, -0.05) is 94.4 Å². The van der Waals surface area contributed by atoms with Crippen LogP contribution in [0.15, 0.2) is 116 Å². The van der Waals surface area contributed by atoms with E-state index in [9.17, 15) is 9.59 Å². The molecule has 6 nitrogen and oxygen atoms in total. The second kappa shape index (κ2) is 17.5. The molecule has 0 fully saturated rings. The van der Waals surface area contributed by atoms with Crippen LogP contribution in [0.2, 0.25) is 0 Å². The molecular formula is C36H44N2O4+2. The standard InChI is InChI=1S/C20H26NO2.C16H18NO2/c1-16(2)13-18-7-9-19(10-8-18)17(3)14-20(22)23-15-21-11-5-4-6-12-21;1-14(15-8-4-2-5-9-15)12-16(18)19-13-17-10-6-3-7-11-17/h4-12,16-17H,13-15H2,1-3H3;2-11,14H,12-13H2,1H3/q2*+1/t;14-/m.0/s1. The number of nitrogens with zero attached hydrogens (tertiary/aromatic N) is 2. The molecule has 2 heterocycles. The molecule has 6 heteroatoms. The van der Waals surface area contributed by atoms with Gasteiger partial charge in [0.25, 0.3) is 13.5 Å². The summed E-state index contributed by atoms with van der Waals surface area (Å²) in [4.78, 5) is 23.7. The Bertz CT molecular complexity index is 1330. The van der Waals surface area contributed by atoms with Crippen LogP contribution in [0.1, 0.15) is 69.1 Å². The van der Waals surface area contributed by atoms with Crippen LogP contribution >= 0.6 is 0 Å². The number of pyridine rings is 2. The van der Waals surface area contributed by atoms with Crippen LogP contribution in [0.25, 0.3) is 0 Å². The Balaban J connectivity index is 0.000000235. The van der Waals surface area contributed by atoms with E-state index in [2.05, 4.69) is 45.0 Å². The third-order valence-corrected chi connectivity index (χ3v) is 6.81. The van der Waals surface area contributed by atoms with Crippen LogP contribution in [-0.2, 0) is 38.9 Å². The van der Waals surface area contributed by atoms with Gasteiger partial charge in [0.2, 0.25) is 0 Å². The molecule has 4 aromatic rings. The summed E-state index contributed by atoms with van der Waals surface area (Å²) in [5.41, 5.74) is 3.69. The Morgan fingerprint density at radius 3 is 1.40 bits per heavy atom. The van der Waals surface area contributed by atoms with E-state index in [1.165, 1.54) is 11.1 Å². The number of hydrogen-bond acceptors (Lipinski definition) is 4. The van der Waals surface area contributed by atoms with Crippen molar-refractivity contribution in [2.45, 2.75) is 72.3 Å². The highest BCUT2D eigenvalue weighted by Gasteiger charge is 2.15. The van der Waals surface area contributed by atoms with Gasteiger partial charge in [-0.05, 0) is 40.9 Å². The summed E-state index contributed by atoms with van der Waals surface area (Å²) < 4.78 is 14.2. The first-order valence-corrected chi connectivity index (χ1v) is 14.6. The van der Waals surface area contributed by atoms with Crippen LogP contribution in [0, 0.1) is 5.92 Å². The van der Waals surface area contributed by atoms with Crippen LogP contribution < -0.4 is 9.13 Å². The van der Waals surface area contributed by atoms with Gasteiger partial charge in [-0.25, -0.2) is 0 Å². The monoisotopic (exact) mass is 568 g/mol. The minimum Gasteiger partial charge on any atom is -0.405 e. The second-order valence-corrected chi connectivity index (χ2v) is 11.0. The molecule has 0 bridgehead atoms. The van der Waals surface area contributed by atoms with E-state index in [0.29, 0.717) is 18.8 Å². The molecule has 2 aromatic carbocycles. The van der Waals surface area contributed by atoms with Gasteiger partial charge in [0, 0.05) is 24.3 Å². The smallest absolute Gasteiger partial charge is 0.311 e. The maximum atomic E-state index is 12.0. The molecule has 0 aliphatic rings. The SMILES string of the molecule is CC(C)Cc1ccc(C(C)CC(=O)OC[n+]2ccccc2)cc1.C[C@@H](CC(=O)OC[n+]1ccccc1)c1ccccc1. The van der Waals surface area contributed by atoms with E-state index < -0.39 is 0 Å². The molecule has 0 aliphatic heterocycles. The zero-order valence-corrected chi connectivity index (χ0v) is 25.3. The van der Waals surface area contributed by atoms with Crippen LogP contribution in [-0.4, -0.2) is 11.9 Å². The van der Waals surface area contributed by atoms with Gasteiger partial charge in [0.1, 0.15) is 0 Å². The van der Waals surface area contributed by atoms with Crippen molar-refractivity contribution in [2.75, 3.05) is 0 Å². The normalized spacial score (nSPS) is 12.0. The summed E-state index contributed by atoms with van der Waals surface area (Å²) in [7, 11) is 0. The number of hydrogen-bond donors (Lipinski definition) is 0. The van der Waals surface area contributed by atoms with Crippen molar-refractivity contribution in [1.82, 2.24) is 0 Å². The topological polar surface area (TPSA) is 60.4 Å². The maximum absolute atomic E-state index is 12.0. The van der Waals surface area contributed by atoms with Crippen molar-refractivity contribution in [3.8, 4) is 0 Å². The molecule has 1 unspecified atom stereocenters. The highest BCUT2D eigenvalue weighted by atomic mass is 16.5. The Kier molecular flexibility index (Phi) is 13.4. The Hall–Kier alpha value is -4.32. The third kappa shape index (κ3) is 12.0. The van der Waals surface area contributed by atoms with Crippen LogP contribution in [0.3, 0.4) is 0 Å². The molecule has 0 aliphatic carbocycles. The highest BCUT2D eigenvalue weighted by Crippen LogP contribution is 2.21. The first-order valence-electron chi connectivity index (χ1n) is 14.6. The lowest BCUT2D eigenvalue weighted by Crippen LogP contribution is -2.35. The number of esters is 2. The number of rotatable bonds is 12. The number of benzene rings is 2. The lowest BCUT2D eigenvalue weighted by atomic mass is 9.95. The summed E-state index contributed by atoms with van der Waals surface area (Å²) in [5, 5.41) is 0. The van der Waals surface area contributed by atoms with E-state index in [1.54, 1.807) is 0 Å². The van der Waals surface area contributed by atoms with E-state index in [0.717, 1.165) is 12.0 Å². The van der Waals surface area contributed by atoms with Crippen molar-refractivity contribution in [2.24, 2.45) is 5.92 Å². The quantitative estimate of drug-likeness (QED) is 0.144. The first kappa shape index (κ1) is 32.2. The van der Waals surface area contributed by atoms with Gasteiger partial charge in [-0.3, -0.25) is 9.59 Å². The zero-order chi connectivity index (χ0) is 30.2. The molecule has 0 amide bonds. The average Bonchev–Trinajstić information content (AvgIpc) is 3.01. The number of ether oxygens (including phenoxy) is 2. The fraction of sp³-hybridized carbons (Fsp3) is 0.333. The molecule has 0 saturated carbocycles. The first-order chi connectivity index (χ1) is 20.3. The van der Waals surface area contributed by atoms with Crippen molar-refractivity contribution in [3.05, 3.63) is 132 Å². The van der Waals surface area contributed by atoms with Crippen molar-refractivity contribution >= 4 is 11.9 Å². The molecule has 0 N–H and O–H groups in total. The van der Waals surface area contributed by atoms with Gasteiger partial charge in [0.15, 0.2) is 24.8 Å². The van der Waals surface area contributed by atoms with Gasteiger partial charge >= 0.3 is 11.9 Å². The lowest BCUT2D eigenvalue weighted by molar-refractivity contribution is -0.727. The van der Waals surface area contributed by atoms with Crippen molar-refractivity contribution < 1.29 is 28.2 Å².